The Hall–Kier alpha value is -1.98. The number of para-hydroxylation sites is 1. The quantitative estimate of drug-likeness (QED) is 0.845. The largest absolute Gasteiger partial charge is 0.418 e. The van der Waals surface area contributed by atoms with Crippen molar-refractivity contribution >= 4 is 11.6 Å². The molecule has 0 radical (unpaired) electrons. The molecule has 90 valence electrons. The van der Waals surface area contributed by atoms with Crippen molar-refractivity contribution in [2.45, 2.75) is 13.1 Å². The Kier molecular flexibility index (Phi) is 2.79. The van der Waals surface area contributed by atoms with Crippen molar-refractivity contribution < 1.29 is 13.2 Å². The predicted molar refractivity (Wildman–Crippen MR) is 58.1 cm³/mol. The molecule has 17 heavy (non-hydrogen) atoms. The van der Waals surface area contributed by atoms with Gasteiger partial charge >= 0.3 is 6.18 Å². The average Bonchev–Trinajstić information content (AvgIpc) is 2.63. The lowest BCUT2D eigenvalue weighted by molar-refractivity contribution is -0.136. The van der Waals surface area contributed by atoms with Gasteiger partial charge in [0, 0.05) is 11.9 Å². The maximum Gasteiger partial charge on any atom is 0.418 e. The van der Waals surface area contributed by atoms with Gasteiger partial charge in [-0.05, 0) is 19.1 Å². The Morgan fingerprint density at radius 3 is 2.53 bits per heavy atom. The van der Waals surface area contributed by atoms with Crippen molar-refractivity contribution in [1.82, 2.24) is 9.97 Å². The number of halogens is 3. The number of nitrogens with one attached hydrogen (secondary N) is 2. The summed E-state index contributed by atoms with van der Waals surface area (Å²) in [6.07, 6.45) is -2.84. The molecule has 2 rings (SSSR count). The van der Waals surface area contributed by atoms with Crippen molar-refractivity contribution in [2.24, 2.45) is 0 Å². The smallest absolute Gasteiger partial charge is 0.328 e. The van der Waals surface area contributed by atoms with Crippen molar-refractivity contribution in [2.75, 3.05) is 5.32 Å². The molecule has 0 aliphatic rings. The fraction of sp³-hybridized carbons (Fsp3) is 0.182. The summed E-state index contributed by atoms with van der Waals surface area (Å²) >= 11 is 0. The second-order valence-corrected chi connectivity index (χ2v) is 3.58. The van der Waals surface area contributed by atoms with Gasteiger partial charge in [0.1, 0.15) is 0 Å². The SMILES string of the molecule is Cc1cnc(Nc2ccccc2C(F)(F)F)[nH]1. The number of hydrogen-bond acceptors (Lipinski definition) is 2. The first-order valence-electron chi connectivity index (χ1n) is 4.91. The maximum atomic E-state index is 12.7. The number of H-pyrrole nitrogens is 1. The highest BCUT2D eigenvalue weighted by molar-refractivity contribution is 5.59. The molecule has 0 bridgehead atoms. The van der Waals surface area contributed by atoms with Gasteiger partial charge < -0.3 is 10.3 Å². The molecule has 0 atom stereocenters. The first-order valence-corrected chi connectivity index (χ1v) is 4.91. The van der Waals surface area contributed by atoms with Gasteiger partial charge in [0.05, 0.1) is 11.3 Å². The van der Waals surface area contributed by atoms with E-state index in [0.29, 0.717) is 5.95 Å². The van der Waals surface area contributed by atoms with E-state index < -0.39 is 11.7 Å². The van der Waals surface area contributed by atoms with Gasteiger partial charge in [-0.3, -0.25) is 0 Å². The number of anilines is 2. The van der Waals surface area contributed by atoms with Gasteiger partial charge in [0.15, 0.2) is 0 Å². The number of hydrogen-bond donors (Lipinski definition) is 2. The molecule has 0 unspecified atom stereocenters. The minimum absolute atomic E-state index is 0.0191. The van der Waals surface area contributed by atoms with Crippen LogP contribution in [0.4, 0.5) is 24.8 Å². The number of rotatable bonds is 2. The Balaban J connectivity index is 2.33. The van der Waals surface area contributed by atoms with Gasteiger partial charge in [-0.1, -0.05) is 12.1 Å². The van der Waals surface area contributed by atoms with E-state index in [2.05, 4.69) is 15.3 Å². The Labute approximate surface area is 95.7 Å². The van der Waals surface area contributed by atoms with Crippen LogP contribution in [0.25, 0.3) is 0 Å². The highest BCUT2D eigenvalue weighted by Gasteiger charge is 2.33. The summed E-state index contributed by atoms with van der Waals surface area (Å²) in [7, 11) is 0. The van der Waals surface area contributed by atoms with Crippen LogP contribution < -0.4 is 5.32 Å². The molecule has 0 spiro atoms. The molecule has 0 saturated heterocycles. The zero-order chi connectivity index (χ0) is 12.5. The van der Waals surface area contributed by atoms with Gasteiger partial charge in [-0.25, -0.2) is 4.98 Å². The molecule has 1 heterocycles. The molecule has 0 amide bonds. The third kappa shape index (κ3) is 2.58. The summed E-state index contributed by atoms with van der Waals surface area (Å²) in [5.41, 5.74) is 0.0420. The Morgan fingerprint density at radius 1 is 1.24 bits per heavy atom. The number of aryl methyl sites for hydroxylation is 1. The summed E-state index contributed by atoms with van der Waals surface area (Å²) in [5.74, 6) is 0.291. The number of aromatic amines is 1. The summed E-state index contributed by atoms with van der Waals surface area (Å²) in [4.78, 5) is 6.71. The first-order chi connectivity index (χ1) is 7.97. The fourth-order valence-electron chi connectivity index (χ4n) is 1.44. The molecule has 2 aromatic rings. The van der Waals surface area contributed by atoms with Gasteiger partial charge in [-0.2, -0.15) is 13.2 Å². The Bertz CT molecular complexity index is 517. The molecule has 0 aliphatic carbocycles. The van der Waals surface area contributed by atoms with E-state index >= 15 is 0 Å². The average molecular weight is 241 g/mol. The van der Waals surface area contributed by atoms with Crippen molar-refractivity contribution in [3.05, 3.63) is 41.7 Å². The van der Waals surface area contributed by atoms with Gasteiger partial charge in [-0.15, -0.1) is 0 Å². The van der Waals surface area contributed by atoms with Crippen LogP contribution in [0.2, 0.25) is 0 Å². The van der Waals surface area contributed by atoms with Crippen LogP contribution >= 0.6 is 0 Å². The lowest BCUT2D eigenvalue weighted by atomic mass is 10.1. The Morgan fingerprint density at radius 2 is 1.94 bits per heavy atom. The standard InChI is InChI=1S/C11H10F3N3/c1-7-6-15-10(16-7)17-9-5-3-2-4-8(9)11(12,13)14/h2-6H,1H3,(H2,15,16,17). The van der Waals surface area contributed by atoms with Crippen LogP contribution in [0.1, 0.15) is 11.3 Å². The number of benzene rings is 1. The lowest BCUT2D eigenvalue weighted by Gasteiger charge is -2.12. The normalized spacial score (nSPS) is 11.5. The molecule has 0 aliphatic heterocycles. The van der Waals surface area contributed by atoms with E-state index in [1.165, 1.54) is 18.2 Å². The van der Waals surface area contributed by atoms with E-state index in [-0.39, 0.29) is 5.69 Å². The monoisotopic (exact) mass is 241 g/mol. The second-order valence-electron chi connectivity index (χ2n) is 3.58. The van der Waals surface area contributed by atoms with Crippen LogP contribution in [0.3, 0.4) is 0 Å². The zero-order valence-electron chi connectivity index (χ0n) is 8.97. The summed E-state index contributed by atoms with van der Waals surface area (Å²) in [6.45, 7) is 1.77. The summed E-state index contributed by atoms with van der Waals surface area (Å²) < 4.78 is 38.1. The predicted octanol–water partition coefficient (Wildman–Crippen LogP) is 3.48. The number of aromatic nitrogens is 2. The maximum absolute atomic E-state index is 12.7. The van der Waals surface area contributed by atoms with Crippen molar-refractivity contribution in [3.8, 4) is 0 Å². The fourth-order valence-corrected chi connectivity index (χ4v) is 1.44. The number of alkyl halides is 3. The zero-order valence-corrected chi connectivity index (χ0v) is 8.97. The second kappa shape index (κ2) is 4.12. The molecule has 6 heteroatoms. The third-order valence-corrected chi connectivity index (χ3v) is 2.19. The van der Waals surface area contributed by atoms with Crippen LogP contribution in [-0.4, -0.2) is 9.97 Å². The van der Waals surface area contributed by atoms with Crippen molar-refractivity contribution in [1.29, 1.82) is 0 Å². The molecule has 1 aromatic carbocycles. The molecular formula is C11H10F3N3. The van der Waals surface area contributed by atoms with E-state index in [9.17, 15) is 13.2 Å². The highest BCUT2D eigenvalue weighted by Crippen LogP contribution is 2.35. The topological polar surface area (TPSA) is 40.7 Å². The molecule has 2 N–H and O–H groups in total. The summed E-state index contributed by atoms with van der Waals surface area (Å²) in [5, 5.41) is 2.61. The summed E-state index contributed by atoms with van der Waals surface area (Å²) in [6, 6.07) is 5.27. The highest BCUT2D eigenvalue weighted by atomic mass is 19.4. The molecule has 0 fully saturated rings. The van der Waals surface area contributed by atoms with Crippen LogP contribution in [0.5, 0.6) is 0 Å². The molecule has 0 saturated carbocycles. The third-order valence-electron chi connectivity index (χ3n) is 2.19. The van der Waals surface area contributed by atoms with E-state index in [4.69, 9.17) is 0 Å². The minimum Gasteiger partial charge on any atom is -0.328 e. The molecule has 1 aromatic heterocycles. The van der Waals surface area contributed by atoms with Crippen molar-refractivity contribution in [3.63, 3.8) is 0 Å². The van der Waals surface area contributed by atoms with E-state index in [0.717, 1.165) is 11.8 Å². The van der Waals surface area contributed by atoms with E-state index in [1.54, 1.807) is 13.1 Å². The number of nitrogens with zero attached hydrogens (tertiary/aromatic N) is 1. The van der Waals surface area contributed by atoms with Crippen LogP contribution in [0.15, 0.2) is 30.5 Å². The molecular weight excluding hydrogens is 231 g/mol. The first kappa shape index (κ1) is 11.5. The van der Waals surface area contributed by atoms with Crippen LogP contribution in [0, 0.1) is 6.92 Å². The lowest BCUT2D eigenvalue weighted by Crippen LogP contribution is -2.08. The van der Waals surface area contributed by atoms with Gasteiger partial charge in [0.2, 0.25) is 5.95 Å². The van der Waals surface area contributed by atoms with Gasteiger partial charge in [0.25, 0.3) is 0 Å². The molecule has 3 nitrogen and oxygen atoms in total. The van der Waals surface area contributed by atoms with Crippen LogP contribution in [-0.2, 0) is 6.18 Å². The minimum atomic E-state index is -4.38. The van der Waals surface area contributed by atoms with E-state index in [1.807, 2.05) is 0 Å². The number of imidazole rings is 1.